The lowest BCUT2D eigenvalue weighted by molar-refractivity contribution is -0.155. The standard InChI is InChI=1S/C19H24N2O4S/c1-12(2)13-4-6-14(7-5-13)20-16(22)10-25-18(24)15-11-26-19(3)9-8-17(23)21(15)19/h4-7,12,15H,8-11H2,1-3H3,(H,20,22)/t15-,19-/m0/s1. The fraction of sp³-hybridized carbons (Fsp3) is 0.526. The maximum atomic E-state index is 12.3. The van der Waals surface area contributed by atoms with E-state index in [9.17, 15) is 14.4 Å². The largest absolute Gasteiger partial charge is 0.454 e. The molecule has 2 amide bonds. The van der Waals surface area contributed by atoms with Gasteiger partial charge in [-0.1, -0.05) is 26.0 Å². The molecule has 0 aliphatic carbocycles. The van der Waals surface area contributed by atoms with Crippen LogP contribution in [0.15, 0.2) is 24.3 Å². The first-order valence-corrected chi connectivity index (χ1v) is 9.81. The summed E-state index contributed by atoms with van der Waals surface area (Å²) in [6, 6.07) is 6.98. The van der Waals surface area contributed by atoms with Gasteiger partial charge in [0.25, 0.3) is 5.91 Å². The molecule has 0 spiro atoms. The van der Waals surface area contributed by atoms with Crippen LogP contribution >= 0.6 is 11.8 Å². The normalized spacial score (nSPS) is 24.7. The van der Waals surface area contributed by atoms with Crippen molar-refractivity contribution in [1.82, 2.24) is 4.90 Å². The molecule has 2 aliphatic heterocycles. The predicted octanol–water partition coefficient (Wildman–Crippen LogP) is 2.75. The van der Waals surface area contributed by atoms with Gasteiger partial charge in [-0.3, -0.25) is 9.59 Å². The number of esters is 1. The Balaban J connectivity index is 1.51. The minimum Gasteiger partial charge on any atom is -0.454 e. The summed E-state index contributed by atoms with van der Waals surface area (Å²) in [5.74, 6) is 0.0102. The highest BCUT2D eigenvalue weighted by Gasteiger charge is 2.53. The van der Waals surface area contributed by atoms with Crippen molar-refractivity contribution < 1.29 is 19.1 Å². The molecule has 2 atom stereocenters. The Morgan fingerprint density at radius 2 is 2.04 bits per heavy atom. The summed E-state index contributed by atoms with van der Waals surface area (Å²) in [4.78, 5) is 37.7. The highest BCUT2D eigenvalue weighted by molar-refractivity contribution is 8.01. The van der Waals surface area contributed by atoms with Crippen LogP contribution in [-0.2, 0) is 19.1 Å². The maximum absolute atomic E-state index is 12.3. The van der Waals surface area contributed by atoms with Gasteiger partial charge in [-0.25, -0.2) is 4.79 Å². The van der Waals surface area contributed by atoms with E-state index in [-0.39, 0.29) is 17.4 Å². The first kappa shape index (κ1) is 18.8. The SMILES string of the molecule is CC(C)c1ccc(NC(=O)COC(=O)[C@@H]2CS[C@@]3(C)CCC(=O)N23)cc1. The number of rotatable bonds is 5. The van der Waals surface area contributed by atoms with Crippen LogP contribution < -0.4 is 5.32 Å². The molecule has 26 heavy (non-hydrogen) atoms. The fourth-order valence-electron chi connectivity index (χ4n) is 3.38. The van der Waals surface area contributed by atoms with E-state index in [0.29, 0.717) is 23.8 Å². The van der Waals surface area contributed by atoms with Gasteiger partial charge in [0.1, 0.15) is 6.04 Å². The Kier molecular flexibility index (Phi) is 5.27. The minimum atomic E-state index is -0.599. The number of hydrogen-bond acceptors (Lipinski definition) is 5. The number of thioether (sulfide) groups is 1. The lowest BCUT2D eigenvalue weighted by Gasteiger charge is -2.29. The summed E-state index contributed by atoms with van der Waals surface area (Å²) in [7, 11) is 0. The van der Waals surface area contributed by atoms with Crippen LogP contribution in [0.2, 0.25) is 0 Å². The van der Waals surface area contributed by atoms with Crippen molar-refractivity contribution >= 4 is 35.2 Å². The molecule has 3 rings (SSSR count). The van der Waals surface area contributed by atoms with Crippen molar-refractivity contribution in [3.63, 3.8) is 0 Å². The molecule has 0 aromatic heterocycles. The van der Waals surface area contributed by atoms with Gasteiger partial charge in [0, 0.05) is 17.9 Å². The average molecular weight is 376 g/mol. The summed E-state index contributed by atoms with van der Waals surface area (Å²) in [6.07, 6.45) is 1.20. The third kappa shape index (κ3) is 3.72. The van der Waals surface area contributed by atoms with Gasteiger partial charge in [0.05, 0.1) is 4.87 Å². The number of amides is 2. The number of fused-ring (bicyclic) bond motifs is 1. The second-order valence-corrected chi connectivity index (χ2v) is 8.70. The van der Waals surface area contributed by atoms with Crippen LogP contribution in [0.25, 0.3) is 0 Å². The zero-order chi connectivity index (χ0) is 18.9. The highest BCUT2D eigenvalue weighted by Crippen LogP contribution is 2.47. The van der Waals surface area contributed by atoms with Gasteiger partial charge in [0.2, 0.25) is 5.91 Å². The number of hydrogen-bond donors (Lipinski definition) is 1. The van der Waals surface area contributed by atoms with E-state index in [1.807, 2.05) is 31.2 Å². The van der Waals surface area contributed by atoms with Crippen LogP contribution in [0.1, 0.15) is 45.1 Å². The first-order chi connectivity index (χ1) is 12.3. The van der Waals surface area contributed by atoms with E-state index in [4.69, 9.17) is 4.74 Å². The first-order valence-electron chi connectivity index (χ1n) is 8.83. The number of nitrogens with one attached hydrogen (secondary N) is 1. The second kappa shape index (κ2) is 7.31. The molecule has 1 aromatic rings. The van der Waals surface area contributed by atoms with E-state index in [1.54, 1.807) is 16.7 Å². The molecule has 7 heteroatoms. The van der Waals surface area contributed by atoms with Gasteiger partial charge in [-0.05, 0) is 37.0 Å². The number of ether oxygens (including phenoxy) is 1. The molecule has 2 aliphatic rings. The molecular formula is C19H24N2O4S. The third-order valence-electron chi connectivity index (χ3n) is 4.92. The Bertz CT molecular complexity index is 719. The number of carbonyl (C=O) groups excluding carboxylic acids is 3. The van der Waals surface area contributed by atoms with Gasteiger partial charge >= 0.3 is 5.97 Å². The Morgan fingerprint density at radius 3 is 2.69 bits per heavy atom. The van der Waals surface area contributed by atoms with Gasteiger partial charge < -0.3 is 15.0 Å². The molecule has 2 saturated heterocycles. The van der Waals surface area contributed by atoms with Gasteiger partial charge in [0.15, 0.2) is 6.61 Å². The van der Waals surface area contributed by atoms with Crippen molar-refractivity contribution in [2.24, 2.45) is 0 Å². The summed E-state index contributed by atoms with van der Waals surface area (Å²) in [5.41, 5.74) is 1.85. The van der Waals surface area contributed by atoms with Gasteiger partial charge in [-0.15, -0.1) is 11.8 Å². The zero-order valence-electron chi connectivity index (χ0n) is 15.3. The average Bonchev–Trinajstić information content (AvgIpc) is 3.09. The van der Waals surface area contributed by atoms with Gasteiger partial charge in [-0.2, -0.15) is 0 Å². The van der Waals surface area contributed by atoms with Crippen molar-refractivity contribution in [3.8, 4) is 0 Å². The molecule has 140 valence electrons. The highest BCUT2D eigenvalue weighted by atomic mass is 32.2. The molecule has 0 bridgehead atoms. The molecule has 6 nitrogen and oxygen atoms in total. The molecule has 0 saturated carbocycles. The van der Waals surface area contributed by atoms with Crippen molar-refractivity contribution in [3.05, 3.63) is 29.8 Å². The molecular weight excluding hydrogens is 352 g/mol. The lowest BCUT2D eigenvalue weighted by Crippen LogP contribution is -2.47. The van der Waals surface area contributed by atoms with E-state index >= 15 is 0 Å². The van der Waals surface area contributed by atoms with Crippen molar-refractivity contribution in [2.75, 3.05) is 17.7 Å². The number of benzene rings is 1. The van der Waals surface area contributed by atoms with Crippen molar-refractivity contribution in [1.29, 1.82) is 0 Å². The lowest BCUT2D eigenvalue weighted by atomic mass is 10.0. The Morgan fingerprint density at radius 1 is 1.35 bits per heavy atom. The van der Waals surface area contributed by atoms with E-state index in [2.05, 4.69) is 19.2 Å². The zero-order valence-corrected chi connectivity index (χ0v) is 16.1. The quantitative estimate of drug-likeness (QED) is 0.800. The number of carbonyl (C=O) groups is 3. The minimum absolute atomic E-state index is 0.0193. The van der Waals surface area contributed by atoms with E-state index < -0.39 is 17.9 Å². The third-order valence-corrected chi connectivity index (χ3v) is 6.43. The maximum Gasteiger partial charge on any atom is 0.330 e. The fourth-order valence-corrected chi connectivity index (χ4v) is 4.79. The second-order valence-electron chi connectivity index (χ2n) is 7.20. The van der Waals surface area contributed by atoms with Crippen LogP contribution in [0.4, 0.5) is 5.69 Å². The Labute approximate surface area is 157 Å². The smallest absolute Gasteiger partial charge is 0.330 e. The Hall–Kier alpha value is -2.02. The monoisotopic (exact) mass is 376 g/mol. The van der Waals surface area contributed by atoms with Crippen LogP contribution in [0.5, 0.6) is 0 Å². The van der Waals surface area contributed by atoms with Crippen LogP contribution in [-0.4, -0.2) is 46.0 Å². The molecule has 1 N–H and O–H groups in total. The summed E-state index contributed by atoms with van der Waals surface area (Å²) >= 11 is 1.60. The summed E-state index contributed by atoms with van der Waals surface area (Å²) in [5, 5.41) is 2.71. The molecule has 1 aromatic carbocycles. The number of anilines is 1. The molecule has 0 unspecified atom stereocenters. The molecule has 2 fully saturated rings. The molecule has 2 heterocycles. The topological polar surface area (TPSA) is 75.7 Å². The molecule has 0 radical (unpaired) electrons. The van der Waals surface area contributed by atoms with E-state index in [1.165, 1.54) is 5.56 Å². The van der Waals surface area contributed by atoms with Crippen molar-refractivity contribution in [2.45, 2.75) is 50.4 Å². The predicted molar refractivity (Wildman–Crippen MR) is 101 cm³/mol. The van der Waals surface area contributed by atoms with Crippen LogP contribution in [0.3, 0.4) is 0 Å². The summed E-state index contributed by atoms with van der Waals surface area (Å²) < 4.78 is 5.17. The summed E-state index contributed by atoms with van der Waals surface area (Å²) in [6.45, 7) is 5.82. The van der Waals surface area contributed by atoms with Crippen LogP contribution in [0, 0.1) is 0 Å². The van der Waals surface area contributed by atoms with E-state index in [0.717, 1.165) is 6.42 Å². The number of nitrogens with zero attached hydrogens (tertiary/aromatic N) is 1.